The number of aliphatic hydroxyl groups excluding tert-OH is 1. The number of carboxylic acids is 1. The summed E-state index contributed by atoms with van der Waals surface area (Å²) in [4.78, 5) is 34.4. The summed E-state index contributed by atoms with van der Waals surface area (Å²) in [5, 5.41) is 26.3. The number of carboxylic acid groups (broad SMARTS) is 1. The fourth-order valence-corrected chi connectivity index (χ4v) is 3.59. The molecule has 8 heteroatoms. The lowest BCUT2D eigenvalue weighted by Crippen LogP contribution is -2.32. The van der Waals surface area contributed by atoms with Gasteiger partial charge in [0.05, 0.1) is 12.3 Å². The van der Waals surface area contributed by atoms with E-state index in [4.69, 9.17) is 5.11 Å². The van der Waals surface area contributed by atoms with Crippen LogP contribution >= 0.6 is 0 Å². The average Bonchev–Trinajstić information content (AvgIpc) is 2.89. The van der Waals surface area contributed by atoms with E-state index >= 15 is 0 Å². The maximum atomic E-state index is 12.0. The molecule has 2 atom stereocenters. The third kappa shape index (κ3) is 6.09. The number of imide groups is 1. The topological polar surface area (TPSA) is 119 Å². The van der Waals surface area contributed by atoms with Crippen LogP contribution in [-0.2, 0) is 9.59 Å². The highest BCUT2D eigenvalue weighted by Crippen LogP contribution is 2.26. The van der Waals surface area contributed by atoms with Gasteiger partial charge in [-0.05, 0) is 31.6 Å². The smallest absolute Gasteiger partial charge is 0.345 e. The molecule has 3 N–H and O–H groups in total. The lowest BCUT2D eigenvalue weighted by atomic mass is 9.86. The van der Waals surface area contributed by atoms with Crippen molar-refractivity contribution in [2.75, 3.05) is 0 Å². The highest BCUT2D eigenvalue weighted by Gasteiger charge is 2.38. The van der Waals surface area contributed by atoms with E-state index in [-0.39, 0.29) is 18.2 Å². The second kappa shape index (κ2) is 10.3. The fourth-order valence-electron chi connectivity index (χ4n) is 3.59. The van der Waals surface area contributed by atoms with Crippen LogP contribution in [0.5, 0.6) is 0 Å². The van der Waals surface area contributed by atoms with Crippen LogP contribution in [0, 0.1) is 5.92 Å². The Kier molecular flexibility index (Phi) is 8.03. The van der Waals surface area contributed by atoms with Crippen molar-refractivity contribution in [1.82, 2.24) is 10.3 Å². The Bertz CT molecular complexity index is 531. The van der Waals surface area contributed by atoms with Crippen molar-refractivity contribution in [2.45, 2.75) is 82.8 Å². The number of carbonyl (C=O) groups excluding carboxylic acids is 2. The number of aliphatic hydroxyl groups is 1. The summed E-state index contributed by atoms with van der Waals surface area (Å²) in [5.41, 5.74) is 0. The molecule has 1 saturated heterocycles. The van der Waals surface area contributed by atoms with Crippen molar-refractivity contribution in [3.05, 3.63) is 0 Å². The van der Waals surface area contributed by atoms with Crippen molar-refractivity contribution < 1.29 is 24.6 Å². The van der Waals surface area contributed by atoms with Gasteiger partial charge in [0.15, 0.2) is 0 Å². The molecule has 8 nitrogen and oxygen atoms in total. The van der Waals surface area contributed by atoms with Crippen LogP contribution in [0.2, 0.25) is 0 Å². The molecule has 1 heterocycles. The summed E-state index contributed by atoms with van der Waals surface area (Å²) >= 11 is 0. The minimum absolute atomic E-state index is 0.151. The number of unbranched alkanes of at least 4 members (excludes halogenated alkanes) is 3. The monoisotopic (exact) mass is 367 g/mol. The molecule has 2 rings (SSSR count). The number of rotatable bonds is 10. The third-order valence-corrected chi connectivity index (χ3v) is 5.13. The summed E-state index contributed by atoms with van der Waals surface area (Å²) < 4.78 is 0. The lowest BCUT2D eigenvalue weighted by Gasteiger charge is -2.24. The van der Waals surface area contributed by atoms with Crippen LogP contribution in [0.15, 0.2) is 5.10 Å². The molecule has 0 unspecified atom stereocenters. The van der Waals surface area contributed by atoms with E-state index in [1.165, 1.54) is 12.6 Å². The van der Waals surface area contributed by atoms with Gasteiger partial charge in [-0.2, -0.15) is 5.10 Å². The molecular formula is C18H29N3O5. The van der Waals surface area contributed by atoms with E-state index in [0.29, 0.717) is 19.3 Å². The number of aliphatic carboxylic acids is 1. The summed E-state index contributed by atoms with van der Waals surface area (Å²) in [6, 6.07) is -1.21. The summed E-state index contributed by atoms with van der Waals surface area (Å²) in [6.45, 7) is 0. The lowest BCUT2D eigenvalue weighted by molar-refractivity contribution is -0.137. The Morgan fingerprint density at radius 1 is 1.19 bits per heavy atom. The average molecular weight is 367 g/mol. The van der Waals surface area contributed by atoms with E-state index in [1.54, 1.807) is 0 Å². The van der Waals surface area contributed by atoms with Crippen LogP contribution in [0.4, 0.5) is 4.79 Å². The number of hydrogen-bond donors (Lipinski definition) is 3. The van der Waals surface area contributed by atoms with Gasteiger partial charge >= 0.3 is 12.0 Å². The molecule has 146 valence electrons. The van der Waals surface area contributed by atoms with Gasteiger partial charge in [0.25, 0.3) is 5.91 Å². The second-order valence-electron chi connectivity index (χ2n) is 7.15. The minimum Gasteiger partial charge on any atom is -0.481 e. The first-order valence-electron chi connectivity index (χ1n) is 9.57. The highest BCUT2D eigenvalue weighted by molar-refractivity contribution is 6.04. The summed E-state index contributed by atoms with van der Waals surface area (Å²) in [7, 11) is 0. The first-order valence-corrected chi connectivity index (χ1v) is 9.57. The molecule has 0 aromatic carbocycles. The predicted octanol–water partition coefficient (Wildman–Crippen LogP) is 2.26. The van der Waals surface area contributed by atoms with Crippen LogP contribution < -0.4 is 5.32 Å². The number of carbonyl (C=O) groups is 3. The van der Waals surface area contributed by atoms with Crippen LogP contribution in [-0.4, -0.2) is 51.5 Å². The third-order valence-electron chi connectivity index (χ3n) is 5.13. The zero-order chi connectivity index (χ0) is 18.9. The molecule has 0 spiro atoms. The van der Waals surface area contributed by atoms with Crippen LogP contribution in [0.25, 0.3) is 0 Å². The molecule has 0 aromatic heterocycles. The quantitative estimate of drug-likeness (QED) is 0.311. The first-order chi connectivity index (χ1) is 12.5. The molecule has 26 heavy (non-hydrogen) atoms. The van der Waals surface area contributed by atoms with Gasteiger partial charge in [0.1, 0.15) is 6.04 Å². The van der Waals surface area contributed by atoms with E-state index in [9.17, 15) is 19.5 Å². The van der Waals surface area contributed by atoms with Gasteiger partial charge < -0.3 is 10.2 Å². The Balaban J connectivity index is 1.80. The van der Waals surface area contributed by atoms with Gasteiger partial charge in [-0.3, -0.25) is 14.9 Å². The molecular weight excluding hydrogens is 338 g/mol. The van der Waals surface area contributed by atoms with Gasteiger partial charge in [0.2, 0.25) is 0 Å². The summed E-state index contributed by atoms with van der Waals surface area (Å²) in [6.07, 6.45) is 9.51. The normalized spacial score (nSPS) is 22.8. The Labute approximate surface area is 153 Å². The standard InChI is InChI=1S/C18H29N3O5/c22-15(13-8-4-3-5-9-13)12-19-21-14(17(25)20-18(21)26)10-6-1-2-7-11-16(23)24/h12-15,22H,1-11H2,(H,23,24)(H,20,25,26)/b19-12+/t14-,15-/m1/s1. The largest absolute Gasteiger partial charge is 0.481 e. The van der Waals surface area contributed by atoms with Gasteiger partial charge in [-0.25, -0.2) is 9.80 Å². The molecule has 2 aliphatic rings. The van der Waals surface area contributed by atoms with Crippen molar-refractivity contribution >= 4 is 24.1 Å². The Morgan fingerprint density at radius 2 is 1.88 bits per heavy atom. The second-order valence-corrected chi connectivity index (χ2v) is 7.15. The van der Waals surface area contributed by atoms with E-state index < -0.39 is 24.1 Å². The molecule has 3 amide bonds. The molecule has 2 fully saturated rings. The zero-order valence-corrected chi connectivity index (χ0v) is 15.1. The maximum Gasteiger partial charge on any atom is 0.345 e. The van der Waals surface area contributed by atoms with E-state index in [2.05, 4.69) is 10.4 Å². The fraction of sp³-hybridized carbons (Fsp3) is 0.778. The summed E-state index contributed by atoms with van der Waals surface area (Å²) in [5.74, 6) is -1.01. The van der Waals surface area contributed by atoms with Crippen molar-refractivity contribution in [1.29, 1.82) is 0 Å². The van der Waals surface area contributed by atoms with Crippen molar-refractivity contribution in [3.63, 3.8) is 0 Å². The molecule has 1 aliphatic carbocycles. The van der Waals surface area contributed by atoms with Crippen LogP contribution in [0.1, 0.15) is 70.6 Å². The highest BCUT2D eigenvalue weighted by atomic mass is 16.4. The van der Waals surface area contributed by atoms with Crippen molar-refractivity contribution in [2.24, 2.45) is 11.0 Å². The maximum absolute atomic E-state index is 12.0. The van der Waals surface area contributed by atoms with Crippen LogP contribution in [0.3, 0.4) is 0 Å². The zero-order valence-electron chi connectivity index (χ0n) is 15.1. The van der Waals surface area contributed by atoms with E-state index in [0.717, 1.165) is 43.5 Å². The Morgan fingerprint density at radius 3 is 2.58 bits per heavy atom. The number of urea groups is 1. The molecule has 1 aliphatic heterocycles. The van der Waals surface area contributed by atoms with E-state index in [1.807, 2.05) is 0 Å². The number of nitrogens with zero attached hydrogens (tertiary/aromatic N) is 2. The number of hydrazone groups is 1. The van der Waals surface area contributed by atoms with Gasteiger partial charge in [-0.1, -0.05) is 38.5 Å². The number of hydrogen-bond acceptors (Lipinski definition) is 5. The predicted molar refractivity (Wildman–Crippen MR) is 95.6 cm³/mol. The Hall–Kier alpha value is -1.96. The first kappa shape index (κ1) is 20.4. The SMILES string of the molecule is O=C(O)CCCCCC[C@@H]1C(=O)NC(=O)N1/N=C/[C@@H](O)C1CCCCC1. The minimum atomic E-state index is -0.803. The van der Waals surface area contributed by atoms with Crippen molar-refractivity contribution in [3.8, 4) is 0 Å². The molecule has 0 aromatic rings. The number of nitrogens with one attached hydrogen (secondary N) is 1. The number of amides is 3. The molecule has 0 bridgehead atoms. The van der Waals surface area contributed by atoms with Gasteiger partial charge in [-0.15, -0.1) is 0 Å². The van der Waals surface area contributed by atoms with Gasteiger partial charge in [0, 0.05) is 6.42 Å². The molecule has 0 radical (unpaired) electrons. The molecule has 1 saturated carbocycles.